The second-order valence-corrected chi connectivity index (χ2v) is 5.96. The van der Waals surface area contributed by atoms with Crippen LogP contribution in [0.1, 0.15) is 22.1 Å². The summed E-state index contributed by atoms with van der Waals surface area (Å²) >= 11 is 0. The van der Waals surface area contributed by atoms with Crippen molar-refractivity contribution in [1.29, 1.82) is 0 Å². The zero-order valence-corrected chi connectivity index (χ0v) is 13.7. The Balaban J connectivity index is 1.72. The van der Waals surface area contributed by atoms with E-state index in [1.165, 1.54) is 0 Å². The van der Waals surface area contributed by atoms with Gasteiger partial charge in [-0.15, -0.1) is 0 Å². The minimum Gasteiger partial charge on any atom is -0.357 e. The molecule has 2 aromatic heterocycles. The number of likely N-dealkylation sites (N-methyl/N-ethyl adjacent to an activating group) is 1. The van der Waals surface area contributed by atoms with Crippen molar-refractivity contribution in [3.05, 3.63) is 60.0 Å². The van der Waals surface area contributed by atoms with E-state index in [-0.39, 0.29) is 18.4 Å². The van der Waals surface area contributed by atoms with Crippen molar-refractivity contribution in [2.75, 3.05) is 13.6 Å². The van der Waals surface area contributed by atoms with E-state index in [4.69, 9.17) is 0 Å². The summed E-state index contributed by atoms with van der Waals surface area (Å²) in [6.07, 6.45) is 3.29. The van der Waals surface area contributed by atoms with Gasteiger partial charge in [0.05, 0.1) is 29.9 Å². The van der Waals surface area contributed by atoms with Crippen molar-refractivity contribution in [2.24, 2.45) is 0 Å². The molecule has 126 valence electrons. The monoisotopic (exact) mass is 335 g/mol. The Morgan fingerprint density at radius 1 is 1.16 bits per heavy atom. The first-order valence-electron chi connectivity index (χ1n) is 8.06. The first-order valence-corrected chi connectivity index (χ1v) is 8.06. The maximum absolute atomic E-state index is 13.1. The van der Waals surface area contributed by atoms with E-state index >= 15 is 0 Å². The van der Waals surface area contributed by atoms with Crippen molar-refractivity contribution >= 4 is 22.7 Å². The third-order valence-corrected chi connectivity index (χ3v) is 4.51. The van der Waals surface area contributed by atoms with E-state index < -0.39 is 6.04 Å². The van der Waals surface area contributed by atoms with Crippen LogP contribution in [-0.2, 0) is 11.3 Å². The average molecular weight is 335 g/mol. The standard InChI is InChI=1S/C18H17N5O2/c1-19-17(24)16-11-22(10-12-6-9-21-23(12)16)18(25)14-7-8-20-15-5-3-2-4-13(14)15/h2-9,16H,10-11H2,1H3,(H,19,24)/t16-/m1/s1. The molecular weight excluding hydrogens is 318 g/mol. The summed E-state index contributed by atoms with van der Waals surface area (Å²) in [7, 11) is 1.59. The van der Waals surface area contributed by atoms with Crippen LogP contribution in [0.2, 0.25) is 0 Å². The fraction of sp³-hybridized carbons (Fsp3) is 0.222. The van der Waals surface area contributed by atoms with Crippen LogP contribution in [-0.4, -0.2) is 45.1 Å². The SMILES string of the molecule is CNC(=O)[C@H]1CN(C(=O)c2ccnc3ccccc23)Cc2ccnn21. The summed E-state index contributed by atoms with van der Waals surface area (Å²) < 4.78 is 1.69. The van der Waals surface area contributed by atoms with Crippen LogP contribution in [0.25, 0.3) is 10.9 Å². The highest BCUT2D eigenvalue weighted by Crippen LogP contribution is 2.24. The first kappa shape index (κ1) is 15.3. The Morgan fingerprint density at radius 2 is 2.00 bits per heavy atom. The van der Waals surface area contributed by atoms with E-state index in [1.54, 1.807) is 35.1 Å². The third kappa shape index (κ3) is 2.53. The molecule has 1 atom stereocenters. The van der Waals surface area contributed by atoms with Crippen LogP contribution in [0, 0.1) is 0 Å². The van der Waals surface area contributed by atoms with E-state index in [1.807, 2.05) is 30.3 Å². The molecule has 7 nitrogen and oxygen atoms in total. The predicted molar refractivity (Wildman–Crippen MR) is 91.8 cm³/mol. The molecule has 0 fully saturated rings. The van der Waals surface area contributed by atoms with Gasteiger partial charge in [-0.3, -0.25) is 19.3 Å². The summed E-state index contributed by atoms with van der Waals surface area (Å²) in [5.41, 5.74) is 2.21. The Morgan fingerprint density at radius 3 is 2.84 bits per heavy atom. The lowest BCUT2D eigenvalue weighted by Crippen LogP contribution is -2.46. The molecule has 7 heteroatoms. The number of carbonyl (C=O) groups is 2. The molecule has 3 heterocycles. The van der Waals surface area contributed by atoms with E-state index in [0.717, 1.165) is 16.6 Å². The number of nitrogens with zero attached hydrogens (tertiary/aromatic N) is 4. The molecule has 0 aliphatic carbocycles. The molecule has 1 aromatic carbocycles. The Bertz CT molecular complexity index is 960. The van der Waals surface area contributed by atoms with Crippen LogP contribution in [0.15, 0.2) is 48.8 Å². The van der Waals surface area contributed by atoms with Gasteiger partial charge < -0.3 is 10.2 Å². The molecule has 4 rings (SSSR count). The second kappa shape index (κ2) is 6.01. The highest BCUT2D eigenvalue weighted by Gasteiger charge is 2.33. The molecule has 0 radical (unpaired) electrons. The van der Waals surface area contributed by atoms with Crippen molar-refractivity contribution in [1.82, 2.24) is 25.0 Å². The lowest BCUT2D eigenvalue weighted by Gasteiger charge is -2.33. The van der Waals surface area contributed by atoms with Crippen molar-refractivity contribution in [3.63, 3.8) is 0 Å². The van der Waals surface area contributed by atoms with Crippen LogP contribution in [0.5, 0.6) is 0 Å². The summed E-state index contributed by atoms with van der Waals surface area (Å²) in [5, 5.41) is 7.69. The van der Waals surface area contributed by atoms with Crippen molar-refractivity contribution in [2.45, 2.75) is 12.6 Å². The Labute approximate surface area is 144 Å². The van der Waals surface area contributed by atoms with Crippen molar-refractivity contribution in [3.8, 4) is 0 Å². The molecule has 1 N–H and O–H groups in total. The van der Waals surface area contributed by atoms with Gasteiger partial charge in [-0.25, -0.2) is 0 Å². The van der Waals surface area contributed by atoms with Crippen LogP contribution < -0.4 is 5.32 Å². The molecule has 0 saturated heterocycles. The molecule has 3 aromatic rings. The van der Waals surface area contributed by atoms with Gasteiger partial charge in [0.1, 0.15) is 6.04 Å². The van der Waals surface area contributed by atoms with Gasteiger partial charge in [-0.2, -0.15) is 5.10 Å². The zero-order chi connectivity index (χ0) is 17.4. The van der Waals surface area contributed by atoms with E-state index in [0.29, 0.717) is 12.1 Å². The summed E-state index contributed by atoms with van der Waals surface area (Å²) in [5.74, 6) is -0.276. The Hall–Kier alpha value is -3.22. The smallest absolute Gasteiger partial charge is 0.255 e. The fourth-order valence-electron chi connectivity index (χ4n) is 3.26. The Kier molecular flexibility index (Phi) is 3.68. The number of benzene rings is 1. The highest BCUT2D eigenvalue weighted by atomic mass is 16.2. The summed E-state index contributed by atoms with van der Waals surface area (Å²) in [6.45, 7) is 0.701. The molecular formula is C18H17N5O2. The maximum Gasteiger partial charge on any atom is 0.255 e. The molecule has 1 aliphatic rings. The number of para-hydroxylation sites is 1. The number of fused-ring (bicyclic) bond motifs is 2. The maximum atomic E-state index is 13.1. The fourth-order valence-corrected chi connectivity index (χ4v) is 3.26. The molecule has 0 spiro atoms. The highest BCUT2D eigenvalue weighted by molar-refractivity contribution is 6.06. The number of nitrogens with one attached hydrogen (secondary N) is 1. The summed E-state index contributed by atoms with van der Waals surface area (Å²) in [4.78, 5) is 31.4. The second-order valence-electron chi connectivity index (χ2n) is 5.96. The van der Waals surface area contributed by atoms with Crippen LogP contribution in [0.3, 0.4) is 0 Å². The number of pyridine rings is 1. The van der Waals surface area contributed by atoms with Crippen molar-refractivity contribution < 1.29 is 9.59 Å². The lowest BCUT2D eigenvalue weighted by atomic mass is 10.1. The first-order chi connectivity index (χ1) is 12.2. The van der Waals surface area contributed by atoms with Gasteiger partial charge in [0.25, 0.3) is 5.91 Å². The largest absolute Gasteiger partial charge is 0.357 e. The number of amides is 2. The topological polar surface area (TPSA) is 80.1 Å². The van der Waals surface area contributed by atoms with Gasteiger partial charge in [0.2, 0.25) is 5.91 Å². The molecule has 0 saturated carbocycles. The van der Waals surface area contributed by atoms with E-state index in [2.05, 4.69) is 15.4 Å². The predicted octanol–water partition coefficient (Wildman–Crippen LogP) is 1.37. The number of hydrogen-bond acceptors (Lipinski definition) is 4. The molecule has 0 unspecified atom stereocenters. The number of carbonyl (C=O) groups excluding carboxylic acids is 2. The minimum absolute atomic E-state index is 0.111. The minimum atomic E-state index is -0.527. The van der Waals surface area contributed by atoms with Gasteiger partial charge in [-0.05, 0) is 18.2 Å². The van der Waals surface area contributed by atoms with Gasteiger partial charge >= 0.3 is 0 Å². The number of rotatable bonds is 2. The average Bonchev–Trinajstić information content (AvgIpc) is 3.14. The van der Waals surface area contributed by atoms with Crippen LogP contribution in [0.4, 0.5) is 0 Å². The van der Waals surface area contributed by atoms with Crippen LogP contribution >= 0.6 is 0 Å². The molecule has 1 aliphatic heterocycles. The quantitative estimate of drug-likeness (QED) is 0.767. The number of hydrogen-bond donors (Lipinski definition) is 1. The third-order valence-electron chi connectivity index (χ3n) is 4.51. The van der Waals surface area contributed by atoms with Gasteiger partial charge in [0.15, 0.2) is 0 Å². The van der Waals surface area contributed by atoms with E-state index in [9.17, 15) is 9.59 Å². The lowest BCUT2D eigenvalue weighted by molar-refractivity contribution is -0.125. The van der Waals surface area contributed by atoms with Gasteiger partial charge in [-0.1, -0.05) is 18.2 Å². The van der Waals surface area contributed by atoms with Gasteiger partial charge in [0, 0.05) is 24.8 Å². The zero-order valence-electron chi connectivity index (χ0n) is 13.7. The summed E-state index contributed by atoms with van der Waals surface area (Å²) in [6, 6.07) is 10.6. The molecule has 0 bridgehead atoms. The molecule has 25 heavy (non-hydrogen) atoms. The number of aromatic nitrogens is 3. The molecule has 2 amide bonds. The normalized spacial score (nSPS) is 16.5.